The summed E-state index contributed by atoms with van der Waals surface area (Å²) >= 11 is 7.40. The van der Waals surface area contributed by atoms with Crippen molar-refractivity contribution in [1.82, 2.24) is 0 Å². The molecule has 0 aliphatic carbocycles. The Morgan fingerprint density at radius 3 is 2.95 bits per heavy atom. The third kappa shape index (κ3) is 3.18. The van der Waals surface area contributed by atoms with Crippen LogP contribution in [0.3, 0.4) is 0 Å². The summed E-state index contributed by atoms with van der Waals surface area (Å²) < 4.78 is 19.7. The first-order valence-electron chi connectivity index (χ1n) is 6.64. The molecule has 1 N–H and O–H groups in total. The van der Waals surface area contributed by atoms with E-state index in [0.717, 1.165) is 10.6 Å². The topological polar surface area (TPSA) is 29.5 Å². The van der Waals surface area contributed by atoms with E-state index in [2.05, 4.69) is 0 Å². The van der Waals surface area contributed by atoms with Crippen molar-refractivity contribution < 1.29 is 14.2 Å². The largest absolute Gasteiger partial charge is 0.486 e. The maximum absolute atomic E-state index is 13.9. The van der Waals surface area contributed by atoms with Crippen molar-refractivity contribution in [3.8, 4) is 5.75 Å². The number of thioether (sulfide) groups is 1. The molecule has 2 aromatic carbocycles. The number of hydrogen-bond acceptors (Lipinski definition) is 3. The summed E-state index contributed by atoms with van der Waals surface area (Å²) in [6.07, 6.45) is -0.957. The van der Waals surface area contributed by atoms with E-state index in [4.69, 9.17) is 16.3 Å². The zero-order chi connectivity index (χ0) is 14.8. The lowest BCUT2D eigenvalue weighted by Gasteiger charge is -2.29. The number of rotatable bonds is 3. The first-order chi connectivity index (χ1) is 10.1. The Labute approximate surface area is 131 Å². The molecule has 0 aromatic heterocycles. The highest BCUT2D eigenvalue weighted by Gasteiger charge is 2.27. The Hall–Kier alpha value is -1.23. The van der Waals surface area contributed by atoms with Gasteiger partial charge in [-0.25, -0.2) is 4.39 Å². The predicted molar refractivity (Wildman–Crippen MR) is 82.7 cm³/mol. The monoisotopic (exact) mass is 324 g/mol. The number of hydrogen-bond donors (Lipinski definition) is 1. The molecule has 2 nitrogen and oxygen atoms in total. The summed E-state index contributed by atoms with van der Waals surface area (Å²) in [5, 5.41) is 10.4. The van der Waals surface area contributed by atoms with E-state index >= 15 is 0 Å². The van der Waals surface area contributed by atoms with E-state index in [0.29, 0.717) is 11.3 Å². The first-order valence-corrected chi connectivity index (χ1v) is 8.01. The van der Waals surface area contributed by atoms with Crippen LogP contribution in [0.25, 0.3) is 0 Å². The van der Waals surface area contributed by atoms with Gasteiger partial charge in [-0.3, -0.25) is 0 Å². The van der Waals surface area contributed by atoms with Gasteiger partial charge in [-0.1, -0.05) is 35.9 Å². The second-order valence-corrected chi connectivity index (χ2v) is 6.37. The van der Waals surface area contributed by atoms with Crippen LogP contribution in [0.15, 0.2) is 47.4 Å². The number of para-hydroxylation sites is 1. The number of aliphatic hydroxyl groups is 1. The molecule has 0 radical (unpaired) electrons. The minimum Gasteiger partial charge on any atom is -0.486 e. The molecular weight excluding hydrogens is 311 g/mol. The van der Waals surface area contributed by atoms with E-state index in [-0.39, 0.29) is 17.5 Å². The van der Waals surface area contributed by atoms with Gasteiger partial charge >= 0.3 is 0 Å². The fraction of sp³-hybridized carbons (Fsp3) is 0.250. The van der Waals surface area contributed by atoms with Crippen molar-refractivity contribution in [3.63, 3.8) is 0 Å². The number of benzene rings is 2. The van der Waals surface area contributed by atoms with Crippen LogP contribution in [0.2, 0.25) is 5.02 Å². The molecule has 2 atom stereocenters. The quantitative estimate of drug-likeness (QED) is 0.927. The molecule has 0 fully saturated rings. The molecule has 0 bridgehead atoms. The van der Waals surface area contributed by atoms with Gasteiger partial charge in [0.25, 0.3) is 0 Å². The van der Waals surface area contributed by atoms with Crippen molar-refractivity contribution in [2.75, 3.05) is 5.75 Å². The highest BCUT2D eigenvalue weighted by atomic mass is 35.5. The van der Waals surface area contributed by atoms with Crippen molar-refractivity contribution in [3.05, 3.63) is 58.9 Å². The Bertz CT molecular complexity index is 650. The number of fused-ring (bicyclic) bond motifs is 1. The summed E-state index contributed by atoms with van der Waals surface area (Å²) in [6, 6.07) is 12.5. The molecule has 0 spiro atoms. The van der Waals surface area contributed by atoms with Crippen LogP contribution in [0, 0.1) is 5.82 Å². The van der Waals surface area contributed by atoms with Crippen molar-refractivity contribution >= 4 is 23.4 Å². The van der Waals surface area contributed by atoms with Gasteiger partial charge in [-0.05, 0) is 23.8 Å². The third-order valence-electron chi connectivity index (χ3n) is 3.42. The molecule has 0 amide bonds. The van der Waals surface area contributed by atoms with Crippen LogP contribution < -0.4 is 4.74 Å². The van der Waals surface area contributed by atoms with Crippen molar-refractivity contribution in [1.29, 1.82) is 0 Å². The second-order valence-electron chi connectivity index (χ2n) is 4.90. The van der Waals surface area contributed by atoms with Crippen LogP contribution in [0.1, 0.15) is 5.56 Å². The van der Waals surface area contributed by atoms with Crippen LogP contribution >= 0.6 is 23.4 Å². The molecule has 1 heterocycles. The summed E-state index contributed by atoms with van der Waals surface area (Å²) in [7, 11) is 0. The third-order valence-corrected chi connectivity index (χ3v) is 4.86. The zero-order valence-electron chi connectivity index (χ0n) is 11.1. The highest BCUT2D eigenvalue weighted by Crippen LogP contribution is 2.36. The summed E-state index contributed by atoms with van der Waals surface area (Å²) in [4.78, 5) is 1.06. The number of halogens is 2. The average molecular weight is 325 g/mol. The lowest BCUT2D eigenvalue weighted by atomic mass is 10.0. The molecule has 1 aliphatic heterocycles. The Morgan fingerprint density at radius 2 is 2.10 bits per heavy atom. The Balaban J connectivity index is 1.72. The first kappa shape index (κ1) is 14.7. The van der Waals surface area contributed by atoms with Crippen molar-refractivity contribution in [2.24, 2.45) is 0 Å². The van der Waals surface area contributed by atoms with Gasteiger partial charge in [0.05, 0.1) is 11.1 Å². The second kappa shape index (κ2) is 6.26. The van der Waals surface area contributed by atoms with Gasteiger partial charge in [0.1, 0.15) is 17.7 Å². The fourth-order valence-corrected chi connectivity index (χ4v) is 3.55. The number of aliphatic hydroxyl groups excluding tert-OH is 1. The van der Waals surface area contributed by atoms with E-state index in [1.165, 1.54) is 6.07 Å². The molecule has 3 rings (SSSR count). The molecular formula is C16H14ClFO2S. The lowest BCUT2D eigenvalue weighted by molar-refractivity contribution is 0.0463. The highest BCUT2D eigenvalue weighted by molar-refractivity contribution is 7.99. The molecule has 2 aromatic rings. The van der Waals surface area contributed by atoms with Crippen LogP contribution in [0.5, 0.6) is 5.75 Å². The normalized spacial score (nSPS) is 18.7. The van der Waals surface area contributed by atoms with Gasteiger partial charge < -0.3 is 9.84 Å². The van der Waals surface area contributed by atoms with Gasteiger partial charge in [-0.2, -0.15) is 0 Å². The summed E-state index contributed by atoms with van der Waals surface area (Å²) in [5.74, 6) is 0.937. The molecule has 0 saturated heterocycles. The van der Waals surface area contributed by atoms with Gasteiger partial charge in [0, 0.05) is 17.1 Å². The Kier molecular flexibility index (Phi) is 4.38. The van der Waals surface area contributed by atoms with E-state index in [1.807, 2.05) is 24.3 Å². The van der Waals surface area contributed by atoms with E-state index in [1.54, 1.807) is 23.9 Å². The van der Waals surface area contributed by atoms with Crippen LogP contribution in [-0.4, -0.2) is 23.1 Å². The SMILES string of the molecule is OC(Cc1cccc(Cl)c1F)C1CSc2ccccc2O1. The zero-order valence-corrected chi connectivity index (χ0v) is 12.7. The Morgan fingerprint density at radius 1 is 1.29 bits per heavy atom. The maximum Gasteiger partial charge on any atom is 0.145 e. The summed E-state index contributed by atoms with van der Waals surface area (Å²) in [5.41, 5.74) is 0.405. The lowest BCUT2D eigenvalue weighted by Crippen LogP contribution is -2.37. The molecule has 5 heteroatoms. The molecule has 0 saturated carbocycles. The molecule has 2 unspecified atom stereocenters. The van der Waals surface area contributed by atoms with Crippen molar-refractivity contribution in [2.45, 2.75) is 23.5 Å². The van der Waals surface area contributed by atoms with Gasteiger partial charge in [0.2, 0.25) is 0 Å². The smallest absolute Gasteiger partial charge is 0.145 e. The van der Waals surface area contributed by atoms with E-state index in [9.17, 15) is 9.50 Å². The van der Waals surface area contributed by atoms with Gasteiger partial charge in [-0.15, -0.1) is 11.8 Å². The molecule has 21 heavy (non-hydrogen) atoms. The van der Waals surface area contributed by atoms with E-state index < -0.39 is 11.9 Å². The van der Waals surface area contributed by atoms with Gasteiger partial charge in [0.15, 0.2) is 0 Å². The van der Waals surface area contributed by atoms with Crippen LogP contribution in [-0.2, 0) is 6.42 Å². The minimum atomic E-state index is -0.779. The molecule has 110 valence electrons. The summed E-state index contributed by atoms with van der Waals surface area (Å²) in [6.45, 7) is 0. The fourth-order valence-electron chi connectivity index (χ4n) is 2.29. The number of ether oxygens (including phenoxy) is 1. The standard InChI is InChI=1S/C16H14ClFO2S/c17-11-5-3-4-10(16(11)18)8-12(19)14-9-21-15-7-2-1-6-13(15)20-14/h1-7,12,14,19H,8-9H2. The molecule has 1 aliphatic rings. The maximum atomic E-state index is 13.9. The minimum absolute atomic E-state index is 0.0731. The van der Waals surface area contributed by atoms with Crippen LogP contribution in [0.4, 0.5) is 4.39 Å². The average Bonchev–Trinajstić information content (AvgIpc) is 2.51. The predicted octanol–water partition coefficient (Wildman–Crippen LogP) is 3.94.